The van der Waals surface area contributed by atoms with Crippen LogP contribution in [0.3, 0.4) is 0 Å². The van der Waals surface area contributed by atoms with Gasteiger partial charge in [-0.05, 0) is 46.8 Å². The average molecular weight is 414 g/mol. The van der Waals surface area contributed by atoms with Crippen molar-refractivity contribution in [1.29, 1.82) is 0 Å². The molecule has 4 N–H and O–H groups in total. The van der Waals surface area contributed by atoms with Crippen LogP contribution in [0.1, 0.15) is 39.7 Å². The van der Waals surface area contributed by atoms with E-state index in [-0.39, 0.29) is 46.6 Å². The Morgan fingerprint density at radius 3 is 2.43 bits per heavy atom. The Morgan fingerprint density at radius 2 is 2.00 bits per heavy atom. The molecule has 0 radical (unpaired) electrons. The molecular weight excluding hydrogens is 391 g/mol. The van der Waals surface area contributed by atoms with Crippen LogP contribution >= 0.6 is 28.3 Å². The molecule has 1 rings (SSSR count). The van der Waals surface area contributed by atoms with Gasteiger partial charge in [0.1, 0.15) is 11.5 Å². The van der Waals surface area contributed by atoms with E-state index in [0.29, 0.717) is 0 Å². The van der Waals surface area contributed by atoms with Crippen molar-refractivity contribution in [3.8, 4) is 0 Å². The summed E-state index contributed by atoms with van der Waals surface area (Å²) < 4.78 is 19.2. The summed E-state index contributed by atoms with van der Waals surface area (Å²) in [7, 11) is 0. The summed E-state index contributed by atoms with van der Waals surface area (Å²) in [4.78, 5) is 11.4. The van der Waals surface area contributed by atoms with Gasteiger partial charge in [-0.15, -0.1) is 12.4 Å². The van der Waals surface area contributed by atoms with Crippen LogP contribution in [-0.2, 0) is 10.5 Å². The van der Waals surface area contributed by atoms with Crippen molar-refractivity contribution in [1.82, 2.24) is 0 Å². The maximum absolute atomic E-state index is 14.2. The zero-order valence-corrected chi connectivity index (χ0v) is 16.0. The monoisotopic (exact) mass is 412 g/mol. The third-order valence-corrected chi connectivity index (χ3v) is 3.47. The number of ether oxygens (including phenoxy) is 1. The van der Waals surface area contributed by atoms with E-state index in [1.165, 1.54) is 6.07 Å². The summed E-state index contributed by atoms with van der Waals surface area (Å²) in [5.41, 5.74) is 4.16. The highest BCUT2D eigenvalue weighted by Crippen LogP contribution is 2.35. The van der Waals surface area contributed by atoms with Gasteiger partial charge < -0.3 is 9.84 Å². The number of nitrogens with one attached hydrogen (secondary N) is 1. The highest BCUT2D eigenvalue weighted by molar-refractivity contribution is 9.10. The fourth-order valence-electron chi connectivity index (χ4n) is 2.12. The highest BCUT2D eigenvalue weighted by atomic mass is 79.9. The summed E-state index contributed by atoms with van der Waals surface area (Å²) >= 11 is 3.17. The number of anilines is 1. The van der Waals surface area contributed by atoms with Crippen molar-refractivity contribution < 1.29 is 19.0 Å². The van der Waals surface area contributed by atoms with E-state index in [2.05, 4.69) is 21.2 Å². The SMILES string of the molecule is CCOC(=O)Nc1c(F)cc(C(N)(O)CC(C)(C)C)cc1Br.Cl. The van der Waals surface area contributed by atoms with Gasteiger partial charge in [0.05, 0.1) is 12.3 Å². The van der Waals surface area contributed by atoms with E-state index in [0.717, 1.165) is 6.07 Å². The van der Waals surface area contributed by atoms with Gasteiger partial charge in [0, 0.05) is 10.0 Å². The van der Waals surface area contributed by atoms with Gasteiger partial charge in [0.2, 0.25) is 0 Å². The van der Waals surface area contributed by atoms with Crippen LogP contribution in [0.5, 0.6) is 0 Å². The largest absolute Gasteiger partial charge is 0.450 e. The standard InChI is InChI=1S/C15H22BrFN2O3.ClH/c1-5-22-13(20)19-12-10(16)6-9(7-11(12)17)15(18,21)8-14(2,3)4;/h6-7,21H,5,8,18H2,1-4H3,(H,19,20);1H. The smallest absolute Gasteiger partial charge is 0.411 e. The number of halogens is 3. The number of aliphatic hydroxyl groups is 1. The van der Waals surface area contributed by atoms with E-state index in [1.54, 1.807) is 6.92 Å². The third-order valence-electron chi connectivity index (χ3n) is 2.84. The Kier molecular flexibility index (Phi) is 7.96. The van der Waals surface area contributed by atoms with Crippen molar-refractivity contribution in [2.45, 2.75) is 39.8 Å². The van der Waals surface area contributed by atoms with Crippen LogP contribution in [0.2, 0.25) is 0 Å². The van der Waals surface area contributed by atoms with E-state index in [9.17, 15) is 14.3 Å². The molecule has 8 heteroatoms. The molecule has 1 unspecified atom stereocenters. The molecule has 132 valence electrons. The Balaban J connectivity index is 0.00000484. The second kappa shape index (κ2) is 8.28. The third kappa shape index (κ3) is 6.63. The predicted molar refractivity (Wildman–Crippen MR) is 94.1 cm³/mol. The van der Waals surface area contributed by atoms with Crippen LogP contribution in [0.15, 0.2) is 16.6 Å². The van der Waals surface area contributed by atoms with Gasteiger partial charge in [-0.1, -0.05) is 20.8 Å². The number of carbonyl (C=O) groups is 1. The molecular formula is C15H23BrClFN2O3. The van der Waals surface area contributed by atoms with Gasteiger partial charge in [0.15, 0.2) is 0 Å². The predicted octanol–water partition coefficient (Wildman–Crippen LogP) is 4.12. The van der Waals surface area contributed by atoms with Crippen molar-refractivity contribution in [3.05, 3.63) is 28.0 Å². The Hall–Kier alpha value is -0.890. The minimum Gasteiger partial charge on any atom is -0.450 e. The van der Waals surface area contributed by atoms with E-state index in [4.69, 9.17) is 10.5 Å². The molecule has 1 aromatic carbocycles. The number of amides is 1. The molecule has 0 heterocycles. The number of nitrogens with two attached hydrogens (primary N) is 1. The lowest BCUT2D eigenvalue weighted by molar-refractivity contribution is 0.00262. The zero-order valence-electron chi connectivity index (χ0n) is 13.6. The van der Waals surface area contributed by atoms with Crippen LogP contribution < -0.4 is 11.1 Å². The number of hydrogen-bond acceptors (Lipinski definition) is 4. The van der Waals surface area contributed by atoms with E-state index < -0.39 is 17.6 Å². The molecule has 0 aliphatic rings. The number of carbonyl (C=O) groups excluding carboxylic acids is 1. The number of hydrogen-bond donors (Lipinski definition) is 3. The fourth-order valence-corrected chi connectivity index (χ4v) is 2.66. The first kappa shape index (κ1) is 22.1. The Labute approximate surface area is 150 Å². The molecule has 0 spiro atoms. The number of benzene rings is 1. The second-order valence-corrected chi connectivity index (χ2v) is 7.18. The summed E-state index contributed by atoms with van der Waals surface area (Å²) in [5.74, 6) is -0.713. The quantitative estimate of drug-likeness (QED) is 0.648. The Morgan fingerprint density at radius 1 is 1.43 bits per heavy atom. The lowest BCUT2D eigenvalue weighted by Gasteiger charge is -2.31. The Bertz CT molecular complexity index is 539. The summed E-state index contributed by atoms with van der Waals surface area (Å²) in [6, 6.07) is 2.59. The molecule has 5 nitrogen and oxygen atoms in total. The summed E-state index contributed by atoms with van der Waals surface area (Å²) in [6.45, 7) is 7.60. The van der Waals surface area contributed by atoms with Crippen molar-refractivity contribution >= 4 is 40.1 Å². The molecule has 0 aromatic heterocycles. The molecule has 23 heavy (non-hydrogen) atoms. The summed E-state index contributed by atoms with van der Waals surface area (Å²) in [5, 5.41) is 12.7. The minimum absolute atomic E-state index is 0. The minimum atomic E-state index is -1.68. The maximum Gasteiger partial charge on any atom is 0.411 e. The maximum atomic E-state index is 14.2. The molecule has 0 saturated carbocycles. The van der Waals surface area contributed by atoms with Crippen LogP contribution in [0.4, 0.5) is 14.9 Å². The molecule has 0 aliphatic heterocycles. The zero-order chi connectivity index (χ0) is 17.1. The molecule has 0 aliphatic carbocycles. The normalized spacial score (nSPS) is 13.7. The first-order chi connectivity index (χ1) is 9.96. The van der Waals surface area contributed by atoms with E-state index in [1.807, 2.05) is 20.8 Å². The molecule has 1 aromatic rings. The molecule has 0 bridgehead atoms. The molecule has 0 saturated heterocycles. The lowest BCUT2D eigenvalue weighted by atomic mass is 9.83. The van der Waals surface area contributed by atoms with E-state index >= 15 is 0 Å². The molecule has 1 amide bonds. The second-order valence-electron chi connectivity index (χ2n) is 6.32. The van der Waals surface area contributed by atoms with Gasteiger partial charge >= 0.3 is 6.09 Å². The van der Waals surface area contributed by atoms with Crippen LogP contribution in [0.25, 0.3) is 0 Å². The van der Waals surface area contributed by atoms with Crippen molar-refractivity contribution in [3.63, 3.8) is 0 Å². The molecule has 1 atom stereocenters. The van der Waals surface area contributed by atoms with Gasteiger partial charge in [0.25, 0.3) is 0 Å². The van der Waals surface area contributed by atoms with Crippen molar-refractivity contribution in [2.75, 3.05) is 11.9 Å². The number of rotatable bonds is 4. The first-order valence-corrected chi connectivity index (χ1v) is 7.70. The van der Waals surface area contributed by atoms with Crippen LogP contribution in [0, 0.1) is 11.2 Å². The average Bonchev–Trinajstić information content (AvgIpc) is 2.30. The summed E-state index contributed by atoms with van der Waals surface area (Å²) in [6.07, 6.45) is -0.510. The topological polar surface area (TPSA) is 84.6 Å². The van der Waals surface area contributed by atoms with Crippen LogP contribution in [-0.4, -0.2) is 17.8 Å². The molecule has 0 fully saturated rings. The highest BCUT2D eigenvalue weighted by Gasteiger charge is 2.31. The fraction of sp³-hybridized carbons (Fsp3) is 0.533. The lowest BCUT2D eigenvalue weighted by Crippen LogP contribution is -2.40. The van der Waals surface area contributed by atoms with Crippen molar-refractivity contribution in [2.24, 2.45) is 11.1 Å². The first-order valence-electron chi connectivity index (χ1n) is 6.91. The van der Waals surface area contributed by atoms with Gasteiger partial charge in [-0.3, -0.25) is 11.1 Å². The van der Waals surface area contributed by atoms with Gasteiger partial charge in [-0.2, -0.15) is 0 Å². The van der Waals surface area contributed by atoms with Gasteiger partial charge in [-0.25, -0.2) is 9.18 Å².